The first kappa shape index (κ1) is 22.7. The molecule has 0 saturated heterocycles. The Morgan fingerprint density at radius 2 is 1.66 bits per heavy atom. The van der Waals surface area contributed by atoms with Crippen LogP contribution in [0.5, 0.6) is 11.5 Å². The van der Waals surface area contributed by atoms with Gasteiger partial charge in [0.15, 0.2) is 0 Å². The minimum atomic E-state index is -3.58. The molecule has 0 bridgehead atoms. The summed E-state index contributed by atoms with van der Waals surface area (Å²) >= 11 is 0. The van der Waals surface area contributed by atoms with E-state index < -0.39 is 15.6 Å². The number of methoxy groups -OCH3 is 2. The standard InChI is InChI=1S/C21H28N2O5S/c1-21(2,3)23-29(25,26)17-10-6-15(7-11-17)8-13-20(24)22-18-14-16(27-4)9-12-19(18)28-5/h6-7,9-12,14,23H,8,13H2,1-5H3,(H,22,24). The van der Waals surface area contributed by atoms with Crippen molar-refractivity contribution in [3.63, 3.8) is 0 Å². The van der Waals surface area contributed by atoms with Gasteiger partial charge in [-0.25, -0.2) is 13.1 Å². The second kappa shape index (κ2) is 9.28. The normalized spacial score (nSPS) is 11.8. The Balaban J connectivity index is 1.99. The van der Waals surface area contributed by atoms with Crippen LogP contribution in [0.1, 0.15) is 32.8 Å². The average molecular weight is 421 g/mol. The SMILES string of the molecule is COc1ccc(OC)c(NC(=O)CCc2ccc(S(=O)(=O)NC(C)(C)C)cc2)c1. The number of ether oxygens (including phenoxy) is 2. The van der Waals surface area contributed by atoms with Crippen LogP contribution in [0.25, 0.3) is 0 Å². The third kappa shape index (κ3) is 6.76. The fraction of sp³-hybridized carbons (Fsp3) is 0.381. The molecule has 0 aromatic heterocycles. The predicted octanol–water partition coefficient (Wildman–Crippen LogP) is 3.35. The lowest BCUT2D eigenvalue weighted by atomic mass is 10.1. The van der Waals surface area contributed by atoms with Gasteiger partial charge in [-0.2, -0.15) is 0 Å². The van der Waals surface area contributed by atoms with Crippen molar-refractivity contribution in [1.29, 1.82) is 0 Å². The summed E-state index contributed by atoms with van der Waals surface area (Å²) in [6.45, 7) is 5.36. The molecule has 158 valence electrons. The first-order valence-corrected chi connectivity index (χ1v) is 10.7. The number of carbonyl (C=O) groups is 1. The van der Waals surface area contributed by atoms with E-state index in [1.165, 1.54) is 7.11 Å². The Morgan fingerprint density at radius 1 is 1.00 bits per heavy atom. The molecule has 2 aromatic carbocycles. The number of rotatable bonds is 8. The quantitative estimate of drug-likeness (QED) is 0.683. The maximum Gasteiger partial charge on any atom is 0.241 e. The molecule has 0 heterocycles. The smallest absolute Gasteiger partial charge is 0.241 e. The van der Waals surface area contributed by atoms with Gasteiger partial charge in [-0.1, -0.05) is 12.1 Å². The van der Waals surface area contributed by atoms with E-state index in [9.17, 15) is 13.2 Å². The van der Waals surface area contributed by atoms with Gasteiger partial charge in [0.05, 0.1) is 24.8 Å². The lowest BCUT2D eigenvalue weighted by Crippen LogP contribution is -2.40. The Labute approximate surface area is 172 Å². The minimum Gasteiger partial charge on any atom is -0.497 e. The van der Waals surface area contributed by atoms with Crippen molar-refractivity contribution >= 4 is 21.6 Å². The number of nitrogens with one attached hydrogen (secondary N) is 2. The van der Waals surface area contributed by atoms with Crippen LogP contribution in [0.4, 0.5) is 5.69 Å². The van der Waals surface area contributed by atoms with Gasteiger partial charge < -0.3 is 14.8 Å². The molecule has 0 aliphatic carbocycles. The summed E-state index contributed by atoms with van der Waals surface area (Å²) in [7, 11) is -0.497. The lowest BCUT2D eigenvalue weighted by molar-refractivity contribution is -0.116. The van der Waals surface area contributed by atoms with Crippen molar-refractivity contribution in [3.05, 3.63) is 48.0 Å². The molecule has 2 aromatic rings. The molecule has 0 spiro atoms. The first-order valence-electron chi connectivity index (χ1n) is 9.19. The van der Waals surface area contributed by atoms with Gasteiger partial charge in [0.25, 0.3) is 0 Å². The topological polar surface area (TPSA) is 93.7 Å². The van der Waals surface area contributed by atoms with Gasteiger partial charge in [0, 0.05) is 18.0 Å². The zero-order chi connectivity index (χ0) is 21.7. The molecule has 7 nitrogen and oxygen atoms in total. The van der Waals surface area contributed by atoms with Gasteiger partial charge in [-0.3, -0.25) is 4.79 Å². The highest BCUT2D eigenvalue weighted by atomic mass is 32.2. The van der Waals surface area contributed by atoms with Gasteiger partial charge in [0.1, 0.15) is 11.5 Å². The summed E-state index contributed by atoms with van der Waals surface area (Å²) in [6, 6.07) is 11.7. The Hall–Kier alpha value is -2.58. The molecule has 0 unspecified atom stereocenters. The third-order valence-corrected chi connectivity index (χ3v) is 5.77. The van der Waals surface area contributed by atoms with Crippen LogP contribution in [0.15, 0.2) is 47.4 Å². The summed E-state index contributed by atoms with van der Waals surface area (Å²) in [5.41, 5.74) is 0.843. The number of amides is 1. The number of sulfonamides is 1. The van der Waals surface area contributed by atoms with Crippen LogP contribution in [-0.4, -0.2) is 34.1 Å². The second-order valence-electron chi connectivity index (χ2n) is 7.61. The fourth-order valence-corrected chi connectivity index (χ4v) is 4.10. The summed E-state index contributed by atoms with van der Waals surface area (Å²) < 4.78 is 37.7. The Morgan fingerprint density at radius 3 is 2.21 bits per heavy atom. The number of hydrogen-bond acceptors (Lipinski definition) is 5. The molecule has 0 aliphatic rings. The fourth-order valence-electron chi connectivity index (χ4n) is 2.68. The zero-order valence-electron chi connectivity index (χ0n) is 17.4. The summed E-state index contributed by atoms with van der Waals surface area (Å²) in [5.74, 6) is 0.976. The average Bonchev–Trinajstić information content (AvgIpc) is 2.64. The van der Waals surface area contributed by atoms with Gasteiger partial charge in [0.2, 0.25) is 15.9 Å². The second-order valence-corrected chi connectivity index (χ2v) is 9.30. The molecule has 0 aliphatic heterocycles. The van der Waals surface area contributed by atoms with E-state index >= 15 is 0 Å². The van der Waals surface area contributed by atoms with Crippen LogP contribution in [-0.2, 0) is 21.2 Å². The predicted molar refractivity (Wildman–Crippen MR) is 113 cm³/mol. The van der Waals surface area contributed by atoms with Gasteiger partial charge in [-0.05, 0) is 57.0 Å². The van der Waals surface area contributed by atoms with Crippen LogP contribution in [0.2, 0.25) is 0 Å². The molecule has 2 N–H and O–H groups in total. The lowest BCUT2D eigenvalue weighted by Gasteiger charge is -2.20. The van der Waals surface area contributed by atoms with E-state index in [4.69, 9.17) is 9.47 Å². The largest absolute Gasteiger partial charge is 0.497 e. The minimum absolute atomic E-state index is 0.178. The molecule has 0 radical (unpaired) electrons. The highest BCUT2D eigenvalue weighted by Gasteiger charge is 2.21. The summed E-state index contributed by atoms with van der Waals surface area (Å²) in [6.07, 6.45) is 0.720. The number of aryl methyl sites for hydroxylation is 1. The molecule has 1 amide bonds. The highest BCUT2D eigenvalue weighted by Crippen LogP contribution is 2.29. The molecule has 0 atom stereocenters. The van der Waals surface area contributed by atoms with E-state index in [1.807, 2.05) is 0 Å². The molecule has 0 saturated carbocycles. The van der Waals surface area contributed by atoms with E-state index in [1.54, 1.807) is 70.3 Å². The van der Waals surface area contributed by atoms with E-state index in [0.717, 1.165) is 5.56 Å². The number of benzene rings is 2. The third-order valence-electron chi connectivity index (χ3n) is 4.00. The number of anilines is 1. The Bertz CT molecular complexity index is 948. The summed E-state index contributed by atoms with van der Waals surface area (Å²) in [5, 5.41) is 2.82. The van der Waals surface area contributed by atoms with E-state index in [0.29, 0.717) is 23.6 Å². The molecule has 8 heteroatoms. The molecule has 29 heavy (non-hydrogen) atoms. The van der Waals surface area contributed by atoms with Crippen molar-refractivity contribution in [2.45, 2.75) is 44.0 Å². The van der Waals surface area contributed by atoms with E-state index in [2.05, 4.69) is 10.0 Å². The molecular weight excluding hydrogens is 392 g/mol. The van der Waals surface area contributed by atoms with Crippen molar-refractivity contribution in [3.8, 4) is 11.5 Å². The number of hydrogen-bond donors (Lipinski definition) is 2. The molecular formula is C21H28N2O5S. The summed E-state index contributed by atoms with van der Waals surface area (Å²) in [4.78, 5) is 12.5. The maximum atomic E-state index is 12.3. The van der Waals surface area contributed by atoms with Crippen molar-refractivity contribution < 1.29 is 22.7 Å². The van der Waals surface area contributed by atoms with Crippen LogP contribution in [0.3, 0.4) is 0 Å². The number of carbonyl (C=O) groups excluding carboxylic acids is 1. The van der Waals surface area contributed by atoms with Crippen LogP contribution < -0.4 is 19.5 Å². The maximum absolute atomic E-state index is 12.3. The van der Waals surface area contributed by atoms with Crippen molar-refractivity contribution in [2.75, 3.05) is 19.5 Å². The van der Waals surface area contributed by atoms with E-state index in [-0.39, 0.29) is 17.2 Å². The van der Waals surface area contributed by atoms with Gasteiger partial charge >= 0.3 is 0 Å². The first-order chi connectivity index (χ1) is 13.5. The zero-order valence-corrected chi connectivity index (χ0v) is 18.2. The Kier molecular flexibility index (Phi) is 7.26. The molecule has 2 rings (SSSR count). The molecule has 0 fully saturated rings. The highest BCUT2D eigenvalue weighted by molar-refractivity contribution is 7.89. The monoisotopic (exact) mass is 420 g/mol. The van der Waals surface area contributed by atoms with Crippen LogP contribution >= 0.6 is 0 Å². The van der Waals surface area contributed by atoms with Crippen molar-refractivity contribution in [2.24, 2.45) is 0 Å². The van der Waals surface area contributed by atoms with Gasteiger partial charge in [-0.15, -0.1) is 0 Å². The van der Waals surface area contributed by atoms with Crippen LogP contribution in [0, 0.1) is 0 Å². The van der Waals surface area contributed by atoms with Crippen molar-refractivity contribution in [1.82, 2.24) is 4.72 Å².